The number of rotatable bonds is 4. The van der Waals surface area contributed by atoms with Crippen molar-refractivity contribution in [2.45, 2.75) is 6.92 Å². The van der Waals surface area contributed by atoms with E-state index >= 15 is 0 Å². The molecule has 0 N–H and O–H groups in total. The Bertz CT molecular complexity index is 113. The van der Waals surface area contributed by atoms with Crippen LogP contribution >= 0.6 is 0 Å². The van der Waals surface area contributed by atoms with Gasteiger partial charge in [-0.1, -0.05) is 6.92 Å². The molecule has 0 aromatic rings. The number of ether oxygens (including phenoxy) is 2. The molecule has 0 aromatic heterocycles. The molecule has 1 saturated heterocycles. The minimum absolute atomic E-state index is 0.632. The van der Waals surface area contributed by atoms with Crippen LogP contribution in [0.2, 0.25) is 0 Å². The van der Waals surface area contributed by atoms with Crippen molar-refractivity contribution in [3.05, 3.63) is 0 Å². The van der Waals surface area contributed by atoms with Crippen LogP contribution in [-0.2, 0) is 9.47 Å². The van der Waals surface area contributed by atoms with Crippen LogP contribution in [0.3, 0.4) is 0 Å². The molecule has 1 aliphatic rings. The van der Waals surface area contributed by atoms with Crippen molar-refractivity contribution in [2.75, 3.05) is 46.6 Å². The number of hydrogen-bond acceptors (Lipinski definition) is 3. The van der Waals surface area contributed by atoms with E-state index in [1.165, 1.54) is 0 Å². The summed E-state index contributed by atoms with van der Waals surface area (Å²) >= 11 is 0. The van der Waals surface area contributed by atoms with Crippen molar-refractivity contribution in [3.63, 3.8) is 0 Å². The number of methoxy groups -OCH3 is 1. The molecule has 0 aliphatic carbocycles. The van der Waals surface area contributed by atoms with Gasteiger partial charge in [-0.2, -0.15) is 0 Å². The zero-order valence-corrected chi connectivity index (χ0v) is 8.08. The molecule has 3 nitrogen and oxygen atoms in total. The van der Waals surface area contributed by atoms with Crippen molar-refractivity contribution in [1.82, 2.24) is 4.90 Å². The zero-order chi connectivity index (χ0) is 8.81. The monoisotopic (exact) mass is 173 g/mol. The Kier molecular flexibility index (Phi) is 4.58. The van der Waals surface area contributed by atoms with E-state index in [-0.39, 0.29) is 0 Å². The fraction of sp³-hybridized carbons (Fsp3) is 1.00. The smallest absolute Gasteiger partial charge is 0.0594 e. The first-order chi connectivity index (χ1) is 5.83. The van der Waals surface area contributed by atoms with E-state index in [4.69, 9.17) is 9.47 Å². The molecule has 0 unspecified atom stereocenters. The molecule has 72 valence electrons. The van der Waals surface area contributed by atoms with Gasteiger partial charge < -0.3 is 9.47 Å². The summed E-state index contributed by atoms with van der Waals surface area (Å²) < 4.78 is 10.4. The van der Waals surface area contributed by atoms with Crippen LogP contribution in [0.5, 0.6) is 0 Å². The molecule has 0 aromatic carbocycles. The molecule has 1 atom stereocenters. The third-order valence-electron chi connectivity index (χ3n) is 2.12. The van der Waals surface area contributed by atoms with E-state index in [0.717, 1.165) is 39.5 Å². The van der Waals surface area contributed by atoms with Gasteiger partial charge in [0.15, 0.2) is 0 Å². The summed E-state index contributed by atoms with van der Waals surface area (Å²) in [6.07, 6.45) is 0. The van der Waals surface area contributed by atoms with Crippen LogP contribution < -0.4 is 0 Å². The summed E-state index contributed by atoms with van der Waals surface area (Å²) in [7, 11) is 1.76. The van der Waals surface area contributed by atoms with Gasteiger partial charge in [0.2, 0.25) is 0 Å². The third-order valence-corrected chi connectivity index (χ3v) is 2.12. The van der Waals surface area contributed by atoms with Gasteiger partial charge in [-0.3, -0.25) is 4.90 Å². The molecule has 1 fully saturated rings. The highest BCUT2D eigenvalue weighted by Gasteiger charge is 2.12. The zero-order valence-electron chi connectivity index (χ0n) is 8.08. The summed E-state index contributed by atoms with van der Waals surface area (Å²) in [5.74, 6) is 0.632. The Hall–Kier alpha value is -0.120. The van der Waals surface area contributed by atoms with Crippen molar-refractivity contribution < 1.29 is 9.47 Å². The lowest BCUT2D eigenvalue weighted by molar-refractivity contribution is 0.0246. The van der Waals surface area contributed by atoms with Crippen molar-refractivity contribution in [2.24, 2.45) is 5.92 Å². The topological polar surface area (TPSA) is 21.7 Å². The molecule has 0 radical (unpaired) electrons. The summed E-state index contributed by atoms with van der Waals surface area (Å²) in [6.45, 7) is 8.15. The van der Waals surface area contributed by atoms with Crippen LogP contribution in [0, 0.1) is 5.92 Å². The van der Waals surface area contributed by atoms with Crippen LogP contribution in [0.15, 0.2) is 0 Å². The van der Waals surface area contributed by atoms with Crippen LogP contribution in [-0.4, -0.2) is 51.5 Å². The molecule has 0 amide bonds. The minimum Gasteiger partial charge on any atom is -0.384 e. The van der Waals surface area contributed by atoms with Gasteiger partial charge in [-0.15, -0.1) is 0 Å². The predicted octanol–water partition coefficient (Wildman–Crippen LogP) is 0.601. The highest BCUT2D eigenvalue weighted by Crippen LogP contribution is 2.03. The Balaban J connectivity index is 2.11. The lowest BCUT2D eigenvalue weighted by Gasteiger charge is -2.28. The lowest BCUT2D eigenvalue weighted by Crippen LogP contribution is -2.39. The van der Waals surface area contributed by atoms with E-state index < -0.39 is 0 Å². The second-order valence-electron chi connectivity index (χ2n) is 3.47. The average molecular weight is 173 g/mol. The lowest BCUT2D eigenvalue weighted by atomic mass is 10.2. The molecule has 0 spiro atoms. The maximum absolute atomic E-state index is 5.27. The molecule has 12 heavy (non-hydrogen) atoms. The Morgan fingerprint density at radius 3 is 2.67 bits per heavy atom. The normalized spacial score (nSPS) is 22.5. The maximum Gasteiger partial charge on any atom is 0.0594 e. The van der Waals surface area contributed by atoms with Crippen molar-refractivity contribution >= 4 is 0 Å². The minimum atomic E-state index is 0.632. The average Bonchev–Trinajstić information content (AvgIpc) is 2.06. The van der Waals surface area contributed by atoms with Crippen molar-refractivity contribution in [3.8, 4) is 0 Å². The fourth-order valence-electron chi connectivity index (χ4n) is 1.56. The standard InChI is InChI=1S/C9H19NO2/c1-9(8-11-2)7-10-3-5-12-6-4-10/h9H,3-8H2,1-2H3/t9-/m1/s1. The second kappa shape index (κ2) is 5.51. The van der Waals surface area contributed by atoms with E-state index in [9.17, 15) is 0 Å². The highest BCUT2D eigenvalue weighted by atomic mass is 16.5. The number of nitrogens with zero attached hydrogens (tertiary/aromatic N) is 1. The summed E-state index contributed by atoms with van der Waals surface area (Å²) in [5, 5.41) is 0. The highest BCUT2D eigenvalue weighted by molar-refractivity contribution is 4.65. The molecular weight excluding hydrogens is 154 g/mol. The largest absolute Gasteiger partial charge is 0.384 e. The van der Waals surface area contributed by atoms with Gasteiger partial charge in [-0.05, 0) is 5.92 Å². The first-order valence-electron chi connectivity index (χ1n) is 4.62. The summed E-state index contributed by atoms with van der Waals surface area (Å²) in [5.41, 5.74) is 0. The Morgan fingerprint density at radius 1 is 1.42 bits per heavy atom. The van der Waals surface area contributed by atoms with Gasteiger partial charge in [-0.25, -0.2) is 0 Å². The van der Waals surface area contributed by atoms with Gasteiger partial charge in [0, 0.05) is 33.4 Å². The number of morpholine rings is 1. The van der Waals surface area contributed by atoms with Gasteiger partial charge in [0.25, 0.3) is 0 Å². The summed E-state index contributed by atoms with van der Waals surface area (Å²) in [6, 6.07) is 0. The molecule has 1 aliphatic heterocycles. The molecular formula is C9H19NO2. The van der Waals surface area contributed by atoms with Crippen molar-refractivity contribution in [1.29, 1.82) is 0 Å². The quantitative estimate of drug-likeness (QED) is 0.621. The third kappa shape index (κ3) is 3.52. The Labute approximate surface area is 74.6 Å². The van der Waals surface area contributed by atoms with Gasteiger partial charge in [0.1, 0.15) is 0 Å². The first kappa shape index (κ1) is 9.96. The predicted molar refractivity (Wildman–Crippen MR) is 48.3 cm³/mol. The second-order valence-corrected chi connectivity index (χ2v) is 3.47. The maximum atomic E-state index is 5.27. The molecule has 1 rings (SSSR count). The Morgan fingerprint density at radius 2 is 2.08 bits per heavy atom. The SMILES string of the molecule is COC[C@H](C)CN1CCOCC1. The first-order valence-corrected chi connectivity index (χ1v) is 4.62. The van der Waals surface area contributed by atoms with E-state index in [0.29, 0.717) is 5.92 Å². The molecule has 1 heterocycles. The molecule has 0 bridgehead atoms. The van der Waals surface area contributed by atoms with Gasteiger partial charge >= 0.3 is 0 Å². The number of hydrogen-bond donors (Lipinski definition) is 0. The fourth-order valence-corrected chi connectivity index (χ4v) is 1.56. The van der Waals surface area contributed by atoms with E-state index in [2.05, 4.69) is 11.8 Å². The van der Waals surface area contributed by atoms with E-state index in [1.54, 1.807) is 7.11 Å². The molecule has 0 saturated carbocycles. The van der Waals surface area contributed by atoms with Gasteiger partial charge in [0.05, 0.1) is 13.2 Å². The molecule has 3 heteroatoms. The van der Waals surface area contributed by atoms with Crippen LogP contribution in [0.1, 0.15) is 6.92 Å². The summed E-state index contributed by atoms with van der Waals surface area (Å²) in [4.78, 5) is 2.44. The van der Waals surface area contributed by atoms with E-state index in [1.807, 2.05) is 0 Å². The van der Waals surface area contributed by atoms with Crippen LogP contribution in [0.25, 0.3) is 0 Å². The van der Waals surface area contributed by atoms with Crippen LogP contribution in [0.4, 0.5) is 0 Å².